The van der Waals surface area contributed by atoms with Crippen LogP contribution in [0.2, 0.25) is 0 Å². The van der Waals surface area contributed by atoms with E-state index in [1.807, 2.05) is 0 Å². The van der Waals surface area contributed by atoms with Gasteiger partial charge in [-0.2, -0.15) is 0 Å². The molecule has 2 N–H and O–H groups in total. The molecule has 1 unspecified atom stereocenters. The van der Waals surface area contributed by atoms with Gasteiger partial charge in [0.25, 0.3) is 0 Å². The van der Waals surface area contributed by atoms with Crippen molar-refractivity contribution in [1.29, 1.82) is 0 Å². The maximum absolute atomic E-state index is 11.7. The van der Waals surface area contributed by atoms with Gasteiger partial charge in [0.15, 0.2) is 0 Å². The molecule has 2 heteroatoms. The van der Waals surface area contributed by atoms with Crippen LogP contribution in [-0.4, -0.2) is 5.91 Å². The Labute approximate surface area is 145 Å². The Morgan fingerprint density at radius 1 is 0.826 bits per heavy atom. The molecule has 2 nitrogen and oxygen atoms in total. The zero-order valence-electron chi connectivity index (χ0n) is 16.3. The number of hydrogen-bond acceptors (Lipinski definition) is 1. The molecule has 0 saturated carbocycles. The second-order valence-electron chi connectivity index (χ2n) is 7.18. The first-order valence-electron chi connectivity index (χ1n) is 10.0. The number of allylic oxidation sites excluding steroid dienone is 1. The van der Waals surface area contributed by atoms with Crippen LogP contribution in [0.1, 0.15) is 111 Å². The molecule has 1 amide bonds. The van der Waals surface area contributed by atoms with E-state index in [0.717, 1.165) is 24.8 Å². The van der Waals surface area contributed by atoms with E-state index in [9.17, 15) is 4.79 Å². The number of amides is 1. The Balaban J connectivity index is 3.82. The molecule has 136 valence electrons. The predicted molar refractivity (Wildman–Crippen MR) is 102 cm³/mol. The quantitative estimate of drug-likeness (QED) is 0.270. The third-order valence-electron chi connectivity index (χ3n) is 4.83. The molecule has 0 spiro atoms. The lowest BCUT2D eigenvalue weighted by Gasteiger charge is -2.16. The third kappa shape index (κ3) is 11.4. The summed E-state index contributed by atoms with van der Waals surface area (Å²) in [7, 11) is 0. The number of rotatable bonds is 15. The fourth-order valence-corrected chi connectivity index (χ4v) is 3.47. The van der Waals surface area contributed by atoms with Gasteiger partial charge in [-0.1, -0.05) is 97.0 Å². The van der Waals surface area contributed by atoms with E-state index in [1.165, 1.54) is 69.8 Å². The van der Waals surface area contributed by atoms with Crippen LogP contribution in [0.4, 0.5) is 0 Å². The molecule has 0 aliphatic rings. The highest BCUT2D eigenvalue weighted by molar-refractivity contribution is 5.93. The van der Waals surface area contributed by atoms with Crippen LogP contribution in [0, 0.1) is 5.92 Å². The van der Waals surface area contributed by atoms with Crippen LogP contribution >= 0.6 is 0 Å². The van der Waals surface area contributed by atoms with Gasteiger partial charge < -0.3 is 5.73 Å². The number of unbranched alkanes of at least 4 members (excludes halogenated alkanes) is 9. The number of carbonyl (C=O) groups excluding carboxylic acids is 1. The highest BCUT2D eigenvalue weighted by Gasteiger charge is 2.16. The van der Waals surface area contributed by atoms with Crippen LogP contribution in [-0.2, 0) is 4.79 Å². The highest BCUT2D eigenvalue weighted by Crippen LogP contribution is 2.24. The Morgan fingerprint density at radius 2 is 1.30 bits per heavy atom. The molecule has 0 aliphatic carbocycles. The average molecular weight is 324 g/mol. The molecule has 1 atom stereocenters. The van der Waals surface area contributed by atoms with Gasteiger partial charge in [0.2, 0.25) is 5.91 Å². The van der Waals surface area contributed by atoms with Crippen molar-refractivity contribution >= 4 is 5.91 Å². The summed E-state index contributed by atoms with van der Waals surface area (Å²) in [6.07, 6.45) is 16.7. The van der Waals surface area contributed by atoms with Crippen molar-refractivity contribution in [2.75, 3.05) is 0 Å². The molecule has 0 saturated heterocycles. The summed E-state index contributed by atoms with van der Waals surface area (Å²) in [5.74, 6) is 0.101. The molecule has 0 fully saturated rings. The van der Waals surface area contributed by atoms with Crippen LogP contribution in [0.15, 0.2) is 11.1 Å². The standard InChI is InChI=1S/C21H41NO/c1-5-7-8-9-10-11-12-13-14-15-17-19(4)20(21(22)23)18(3)16-6-2/h19H,5-17H2,1-4H3,(H2,22,23). The van der Waals surface area contributed by atoms with Crippen LogP contribution in [0.3, 0.4) is 0 Å². The summed E-state index contributed by atoms with van der Waals surface area (Å²) in [5, 5.41) is 0. The van der Waals surface area contributed by atoms with Crippen molar-refractivity contribution in [2.24, 2.45) is 11.7 Å². The molecular weight excluding hydrogens is 282 g/mol. The Morgan fingerprint density at radius 3 is 1.74 bits per heavy atom. The highest BCUT2D eigenvalue weighted by atomic mass is 16.1. The molecule has 0 aliphatic heterocycles. The van der Waals surface area contributed by atoms with Crippen LogP contribution < -0.4 is 5.73 Å². The van der Waals surface area contributed by atoms with Crippen molar-refractivity contribution in [3.8, 4) is 0 Å². The van der Waals surface area contributed by atoms with E-state index < -0.39 is 0 Å². The minimum absolute atomic E-state index is 0.212. The van der Waals surface area contributed by atoms with Crippen molar-refractivity contribution in [3.63, 3.8) is 0 Å². The van der Waals surface area contributed by atoms with Gasteiger partial charge in [-0.15, -0.1) is 0 Å². The normalized spacial score (nSPS) is 13.7. The maximum atomic E-state index is 11.7. The minimum Gasteiger partial charge on any atom is -0.366 e. The summed E-state index contributed by atoms with van der Waals surface area (Å²) >= 11 is 0. The van der Waals surface area contributed by atoms with Gasteiger partial charge in [0.1, 0.15) is 0 Å². The molecular formula is C21H41NO. The second kappa shape index (κ2) is 14.8. The molecule has 0 heterocycles. The lowest BCUT2D eigenvalue weighted by molar-refractivity contribution is -0.115. The Bertz CT molecular complexity index is 333. The van der Waals surface area contributed by atoms with E-state index in [2.05, 4.69) is 27.7 Å². The van der Waals surface area contributed by atoms with E-state index in [-0.39, 0.29) is 5.91 Å². The largest absolute Gasteiger partial charge is 0.366 e. The minimum atomic E-state index is -0.212. The maximum Gasteiger partial charge on any atom is 0.244 e. The van der Waals surface area contributed by atoms with E-state index in [0.29, 0.717) is 5.92 Å². The second-order valence-corrected chi connectivity index (χ2v) is 7.18. The first-order chi connectivity index (χ1) is 11.0. The molecule has 23 heavy (non-hydrogen) atoms. The van der Waals surface area contributed by atoms with Gasteiger partial charge in [0, 0.05) is 5.57 Å². The van der Waals surface area contributed by atoms with Gasteiger partial charge in [-0.25, -0.2) is 0 Å². The van der Waals surface area contributed by atoms with E-state index >= 15 is 0 Å². The van der Waals surface area contributed by atoms with Gasteiger partial charge in [0.05, 0.1) is 0 Å². The van der Waals surface area contributed by atoms with Crippen molar-refractivity contribution in [1.82, 2.24) is 0 Å². The first-order valence-corrected chi connectivity index (χ1v) is 10.0. The molecule has 0 rings (SSSR count). The lowest BCUT2D eigenvalue weighted by Crippen LogP contribution is -2.21. The number of primary amides is 1. The number of carbonyl (C=O) groups is 1. The first kappa shape index (κ1) is 22.2. The van der Waals surface area contributed by atoms with Crippen molar-refractivity contribution in [3.05, 3.63) is 11.1 Å². The zero-order chi connectivity index (χ0) is 17.5. The van der Waals surface area contributed by atoms with Crippen molar-refractivity contribution in [2.45, 2.75) is 111 Å². The summed E-state index contributed by atoms with van der Waals surface area (Å²) in [4.78, 5) is 11.7. The topological polar surface area (TPSA) is 43.1 Å². The van der Waals surface area contributed by atoms with Gasteiger partial charge >= 0.3 is 0 Å². The SMILES string of the molecule is CCCCCCCCCCCCC(C)C(C(N)=O)=C(C)CCC. The van der Waals surface area contributed by atoms with Crippen LogP contribution in [0.5, 0.6) is 0 Å². The van der Waals surface area contributed by atoms with Gasteiger partial charge in [-0.3, -0.25) is 4.79 Å². The van der Waals surface area contributed by atoms with E-state index in [1.54, 1.807) is 0 Å². The Kier molecular flexibility index (Phi) is 14.3. The van der Waals surface area contributed by atoms with Crippen LogP contribution in [0.25, 0.3) is 0 Å². The van der Waals surface area contributed by atoms with Gasteiger partial charge in [-0.05, 0) is 25.7 Å². The fraction of sp³-hybridized carbons (Fsp3) is 0.857. The predicted octanol–water partition coefficient (Wildman–Crippen LogP) is 6.54. The monoisotopic (exact) mass is 323 g/mol. The smallest absolute Gasteiger partial charge is 0.244 e. The lowest BCUT2D eigenvalue weighted by atomic mass is 9.89. The molecule has 0 bridgehead atoms. The average Bonchev–Trinajstić information content (AvgIpc) is 2.49. The molecule has 0 radical (unpaired) electrons. The molecule has 0 aromatic carbocycles. The summed E-state index contributed by atoms with van der Waals surface area (Å²) < 4.78 is 0. The summed E-state index contributed by atoms with van der Waals surface area (Å²) in [6, 6.07) is 0. The van der Waals surface area contributed by atoms with E-state index in [4.69, 9.17) is 5.73 Å². The molecule has 0 aromatic rings. The fourth-order valence-electron chi connectivity index (χ4n) is 3.47. The molecule has 0 aromatic heterocycles. The summed E-state index contributed by atoms with van der Waals surface area (Å²) in [6.45, 7) is 8.64. The summed E-state index contributed by atoms with van der Waals surface area (Å²) in [5.41, 5.74) is 7.68. The Hall–Kier alpha value is -0.790. The number of hydrogen-bond donors (Lipinski definition) is 1. The third-order valence-corrected chi connectivity index (χ3v) is 4.83. The zero-order valence-corrected chi connectivity index (χ0v) is 16.3. The van der Waals surface area contributed by atoms with Crippen molar-refractivity contribution < 1.29 is 4.79 Å². The number of nitrogens with two attached hydrogens (primary N) is 1.